The van der Waals surface area contributed by atoms with Gasteiger partial charge in [-0.05, 0) is 38.5 Å². The van der Waals surface area contributed by atoms with E-state index < -0.39 is 26.5 Å². The maximum Gasteiger partial charge on any atom is 0.472 e. The fourth-order valence-corrected chi connectivity index (χ4v) is 6.28. The largest absolute Gasteiger partial charge is 0.472 e. The first kappa shape index (κ1) is 48.8. The number of hydrogen-bond donors (Lipinski definition) is 1. The van der Waals surface area contributed by atoms with Gasteiger partial charge in [-0.2, -0.15) is 0 Å². The van der Waals surface area contributed by atoms with Crippen molar-refractivity contribution in [1.82, 2.24) is 0 Å². The number of esters is 2. The van der Waals surface area contributed by atoms with Crippen LogP contribution in [0.1, 0.15) is 181 Å². The summed E-state index contributed by atoms with van der Waals surface area (Å²) in [6.45, 7) is 4.37. The minimum absolute atomic E-state index is 0.0339. The van der Waals surface area contributed by atoms with Gasteiger partial charge in [0, 0.05) is 12.8 Å². The molecule has 0 aromatic heterocycles. The molecule has 0 radical (unpaired) electrons. The molecule has 0 bridgehead atoms. The number of carbonyl (C=O) groups is 2. The molecule has 0 aliphatic carbocycles. The highest BCUT2D eigenvalue weighted by Gasteiger charge is 2.27. The second-order valence-electron chi connectivity index (χ2n) is 15.0. The summed E-state index contributed by atoms with van der Waals surface area (Å²) in [5, 5.41) is 0. The Labute approximate surface area is 307 Å². The van der Waals surface area contributed by atoms with Crippen LogP contribution in [0.25, 0.3) is 0 Å². The zero-order valence-corrected chi connectivity index (χ0v) is 34.0. The van der Waals surface area contributed by atoms with Crippen LogP contribution >= 0.6 is 7.82 Å². The summed E-state index contributed by atoms with van der Waals surface area (Å²) < 4.78 is 34.1. The number of phosphoric acid groups is 1. The zero-order chi connectivity index (χ0) is 37.2. The molecule has 0 aliphatic rings. The van der Waals surface area contributed by atoms with E-state index in [1.165, 1.54) is 109 Å². The first-order valence-electron chi connectivity index (χ1n) is 20.4. The Balaban J connectivity index is 4.26. The Kier molecular flexibility index (Phi) is 32.7. The van der Waals surface area contributed by atoms with Gasteiger partial charge in [0.2, 0.25) is 0 Å². The Hall–Kier alpha value is -1.25. The molecular weight excluding hydrogens is 653 g/mol. The van der Waals surface area contributed by atoms with E-state index in [9.17, 15) is 19.0 Å². The average Bonchev–Trinajstić information content (AvgIpc) is 3.06. The van der Waals surface area contributed by atoms with Crippen molar-refractivity contribution >= 4 is 19.8 Å². The molecule has 9 nitrogen and oxygen atoms in total. The quantitative estimate of drug-likeness (QED) is 0.0221. The van der Waals surface area contributed by atoms with Gasteiger partial charge in [-0.25, -0.2) is 4.57 Å². The highest BCUT2D eigenvalue weighted by molar-refractivity contribution is 7.47. The number of hydrogen-bond acceptors (Lipinski definition) is 7. The molecule has 2 atom stereocenters. The van der Waals surface area contributed by atoms with Gasteiger partial charge in [0.25, 0.3) is 0 Å². The highest BCUT2D eigenvalue weighted by atomic mass is 31.2. The third kappa shape index (κ3) is 36.5. The molecule has 0 fully saturated rings. The maximum absolute atomic E-state index is 12.6. The van der Waals surface area contributed by atoms with Crippen molar-refractivity contribution in [3.05, 3.63) is 12.2 Å². The molecule has 0 heterocycles. The molecule has 2 unspecified atom stereocenters. The molecule has 0 amide bonds. The van der Waals surface area contributed by atoms with E-state index in [4.69, 9.17) is 18.5 Å². The SMILES string of the molecule is CCCCCCCC/C=C\CCCCCCCCCCCC(=O)OC(COC(=O)CCCCCCCCC)COP(=O)(O)OCC[N+](C)(C)C. The van der Waals surface area contributed by atoms with Gasteiger partial charge in [0.05, 0.1) is 27.7 Å². The monoisotopic (exact) mass is 733 g/mol. The number of unbranched alkanes of at least 4 members (excludes halogenated alkanes) is 21. The summed E-state index contributed by atoms with van der Waals surface area (Å²) in [4.78, 5) is 35.1. The molecule has 0 aromatic carbocycles. The molecule has 296 valence electrons. The van der Waals surface area contributed by atoms with Crippen molar-refractivity contribution in [1.29, 1.82) is 0 Å². The van der Waals surface area contributed by atoms with Crippen LogP contribution < -0.4 is 0 Å². The topological polar surface area (TPSA) is 108 Å². The third-order valence-corrected chi connectivity index (χ3v) is 9.78. The third-order valence-electron chi connectivity index (χ3n) is 8.80. The Morgan fingerprint density at radius 2 is 1.02 bits per heavy atom. The predicted molar refractivity (Wildman–Crippen MR) is 206 cm³/mol. The van der Waals surface area contributed by atoms with Crippen molar-refractivity contribution in [2.75, 3.05) is 47.5 Å². The smallest absolute Gasteiger partial charge is 0.462 e. The Morgan fingerprint density at radius 1 is 0.600 bits per heavy atom. The van der Waals surface area contributed by atoms with Crippen LogP contribution in [0.15, 0.2) is 12.2 Å². The summed E-state index contributed by atoms with van der Waals surface area (Å²) >= 11 is 0. The number of rotatable bonds is 37. The lowest BCUT2D eigenvalue weighted by Gasteiger charge is -2.24. The van der Waals surface area contributed by atoms with E-state index in [1.807, 2.05) is 21.1 Å². The van der Waals surface area contributed by atoms with E-state index >= 15 is 0 Å². The normalized spacial score (nSPS) is 13.8. The van der Waals surface area contributed by atoms with Crippen LogP contribution in [-0.2, 0) is 32.7 Å². The number of carbonyl (C=O) groups excluding carboxylic acids is 2. The highest BCUT2D eigenvalue weighted by Crippen LogP contribution is 2.43. The lowest BCUT2D eigenvalue weighted by molar-refractivity contribution is -0.870. The fraction of sp³-hybridized carbons (Fsp3) is 0.900. The van der Waals surface area contributed by atoms with Gasteiger partial charge >= 0.3 is 19.8 Å². The van der Waals surface area contributed by atoms with Gasteiger partial charge in [0.1, 0.15) is 19.8 Å². The Bertz CT molecular complexity index is 876. The van der Waals surface area contributed by atoms with Gasteiger partial charge in [-0.3, -0.25) is 18.6 Å². The number of quaternary nitrogens is 1. The molecule has 0 aliphatic heterocycles. The molecule has 1 N–H and O–H groups in total. The summed E-state index contributed by atoms with van der Waals surface area (Å²) in [6, 6.07) is 0. The minimum atomic E-state index is -4.36. The first-order chi connectivity index (χ1) is 24.0. The maximum atomic E-state index is 12.6. The summed E-state index contributed by atoms with van der Waals surface area (Å²) in [6.07, 6.45) is 32.8. The van der Waals surface area contributed by atoms with E-state index in [2.05, 4.69) is 26.0 Å². The fourth-order valence-electron chi connectivity index (χ4n) is 5.54. The van der Waals surface area contributed by atoms with Crippen LogP contribution in [0.2, 0.25) is 0 Å². The van der Waals surface area contributed by atoms with Gasteiger partial charge in [-0.15, -0.1) is 0 Å². The van der Waals surface area contributed by atoms with Crippen molar-refractivity contribution < 1.29 is 42.1 Å². The molecule has 50 heavy (non-hydrogen) atoms. The summed E-state index contributed by atoms with van der Waals surface area (Å²) in [5.41, 5.74) is 0. The van der Waals surface area contributed by atoms with E-state index in [-0.39, 0.29) is 25.6 Å². The number of nitrogens with zero attached hydrogens (tertiary/aromatic N) is 1. The van der Waals surface area contributed by atoms with Crippen molar-refractivity contribution in [2.45, 2.75) is 187 Å². The Morgan fingerprint density at radius 3 is 1.48 bits per heavy atom. The number of ether oxygens (including phenoxy) is 2. The zero-order valence-electron chi connectivity index (χ0n) is 33.1. The number of allylic oxidation sites excluding steroid dienone is 2. The van der Waals surface area contributed by atoms with Crippen molar-refractivity contribution in [3.63, 3.8) is 0 Å². The number of likely N-dealkylation sites (N-methyl/N-ethyl adjacent to an activating group) is 1. The van der Waals surface area contributed by atoms with Crippen LogP contribution in [-0.4, -0.2) is 74.9 Å². The summed E-state index contributed by atoms with van der Waals surface area (Å²) in [7, 11) is 1.48. The summed E-state index contributed by atoms with van der Waals surface area (Å²) in [5.74, 6) is -0.803. The predicted octanol–water partition coefficient (Wildman–Crippen LogP) is 11.0. The second kappa shape index (κ2) is 33.6. The molecule has 10 heteroatoms. The molecule has 0 rings (SSSR count). The first-order valence-corrected chi connectivity index (χ1v) is 21.9. The average molecular weight is 733 g/mol. The lowest BCUT2D eigenvalue weighted by atomic mass is 10.1. The van der Waals surface area contributed by atoms with Crippen LogP contribution in [0.3, 0.4) is 0 Å². The van der Waals surface area contributed by atoms with E-state index in [0.717, 1.165) is 38.5 Å². The molecule has 0 spiro atoms. The van der Waals surface area contributed by atoms with Crippen LogP contribution in [0.4, 0.5) is 0 Å². The lowest BCUT2D eigenvalue weighted by Crippen LogP contribution is -2.37. The molecule has 0 saturated heterocycles. The number of phosphoric ester groups is 1. The van der Waals surface area contributed by atoms with E-state index in [0.29, 0.717) is 23.9 Å². The molecule has 0 saturated carbocycles. The van der Waals surface area contributed by atoms with Crippen LogP contribution in [0, 0.1) is 0 Å². The second-order valence-corrected chi connectivity index (χ2v) is 16.5. The van der Waals surface area contributed by atoms with Crippen molar-refractivity contribution in [2.24, 2.45) is 0 Å². The van der Waals surface area contributed by atoms with Gasteiger partial charge in [-0.1, -0.05) is 142 Å². The van der Waals surface area contributed by atoms with Gasteiger partial charge < -0.3 is 18.9 Å². The molecule has 0 aromatic rings. The van der Waals surface area contributed by atoms with Gasteiger partial charge in [0.15, 0.2) is 6.10 Å². The minimum Gasteiger partial charge on any atom is -0.462 e. The standard InChI is InChI=1S/C40H78NO8P/c1-6-8-10-12-14-15-16-17-18-19-20-21-22-23-24-25-27-29-31-33-40(43)49-38(37-48-50(44,45)47-35-34-41(3,4)5)36-46-39(42)32-30-28-26-13-11-9-7-2/h17-18,38H,6-16,19-37H2,1-5H3/p+1/b18-17-. The molecular formula is C40H79NO8P+. The van der Waals surface area contributed by atoms with Crippen molar-refractivity contribution in [3.8, 4) is 0 Å². The van der Waals surface area contributed by atoms with E-state index in [1.54, 1.807) is 0 Å². The van der Waals surface area contributed by atoms with Crippen LogP contribution in [0.5, 0.6) is 0 Å².